The van der Waals surface area contributed by atoms with Crippen LogP contribution in [-0.2, 0) is 18.3 Å². The fourth-order valence-corrected chi connectivity index (χ4v) is 4.24. The summed E-state index contributed by atoms with van der Waals surface area (Å²) in [7, 11) is 1.94. The van der Waals surface area contributed by atoms with E-state index in [4.69, 9.17) is 9.97 Å². The van der Waals surface area contributed by atoms with E-state index >= 15 is 0 Å². The molecule has 7 nitrogen and oxygen atoms in total. The number of hydrogen-bond donors (Lipinski definition) is 0. The molecule has 2 aromatic rings. The summed E-state index contributed by atoms with van der Waals surface area (Å²) in [6, 6.07) is 0. The molecule has 140 valence electrons. The largest absolute Gasteiger partial charge is 0.356 e. The molecule has 4 rings (SSSR count). The zero-order chi connectivity index (χ0) is 18.1. The van der Waals surface area contributed by atoms with Gasteiger partial charge in [0, 0.05) is 46.1 Å². The van der Waals surface area contributed by atoms with Crippen molar-refractivity contribution in [1.82, 2.24) is 24.6 Å². The highest BCUT2D eigenvalue weighted by Crippen LogP contribution is 2.29. The van der Waals surface area contributed by atoms with Crippen molar-refractivity contribution in [3.8, 4) is 0 Å². The second-order valence-electron chi connectivity index (χ2n) is 7.62. The van der Waals surface area contributed by atoms with Crippen molar-refractivity contribution in [1.29, 1.82) is 0 Å². The van der Waals surface area contributed by atoms with Crippen molar-refractivity contribution in [3.63, 3.8) is 0 Å². The Kier molecular flexibility index (Phi) is 4.78. The highest BCUT2D eigenvalue weighted by Gasteiger charge is 2.28. The van der Waals surface area contributed by atoms with E-state index in [1.165, 1.54) is 6.42 Å². The maximum absolute atomic E-state index is 12.0. The third kappa shape index (κ3) is 3.27. The summed E-state index contributed by atoms with van der Waals surface area (Å²) in [6.45, 7) is 5.93. The summed E-state index contributed by atoms with van der Waals surface area (Å²) in [5.41, 5.74) is 0.912. The number of anilines is 1. The van der Waals surface area contributed by atoms with E-state index in [-0.39, 0.29) is 0 Å². The van der Waals surface area contributed by atoms with E-state index < -0.39 is 0 Å². The number of fused-ring (bicyclic) bond motifs is 1. The predicted octanol–water partition coefficient (Wildman–Crippen LogP) is 2.15. The molecule has 2 aliphatic rings. The molecule has 0 spiro atoms. The zero-order valence-corrected chi connectivity index (χ0v) is 15.8. The Morgan fingerprint density at radius 3 is 2.88 bits per heavy atom. The first kappa shape index (κ1) is 17.2. The maximum atomic E-state index is 12.0. The molecule has 0 radical (unpaired) electrons. The molecule has 0 bridgehead atoms. The fourth-order valence-electron chi connectivity index (χ4n) is 4.24. The van der Waals surface area contributed by atoms with Crippen LogP contribution in [0.25, 0.3) is 11.0 Å². The number of carbonyl (C=O) groups excluding carboxylic acids is 1. The lowest BCUT2D eigenvalue weighted by molar-refractivity contribution is -0.128. The smallest absolute Gasteiger partial charge is 0.222 e. The molecule has 7 heteroatoms. The molecule has 0 unspecified atom stereocenters. The van der Waals surface area contributed by atoms with Gasteiger partial charge in [-0.05, 0) is 31.6 Å². The summed E-state index contributed by atoms with van der Waals surface area (Å²) in [5.74, 6) is 2.76. The van der Waals surface area contributed by atoms with Crippen molar-refractivity contribution < 1.29 is 4.79 Å². The number of aromatic nitrogens is 4. The Bertz CT molecular complexity index is 801. The second-order valence-corrected chi connectivity index (χ2v) is 7.62. The van der Waals surface area contributed by atoms with Crippen LogP contribution in [0.5, 0.6) is 0 Å². The zero-order valence-electron chi connectivity index (χ0n) is 15.8. The van der Waals surface area contributed by atoms with Gasteiger partial charge in [0.2, 0.25) is 5.91 Å². The van der Waals surface area contributed by atoms with E-state index in [1.54, 1.807) is 0 Å². The van der Waals surface area contributed by atoms with Gasteiger partial charge in [0.15, 0.2) is 5.65 Å². The van der Waals surface area contributed by atoms with Crippen LogP contribution in [0.15, 0.2) is 6.20 Å². The normalized spacial score (nSPS) is 21.2. The van der Waals surface area contributed by atoms with Crippen LogP contribution < -0.4 is 4.90 Å². The van der Waals surface area contributed by atoms with Gasteiger partial charge in [-0.25, -0.2) is 9.97 Å². The molecule has 2 saturated heterocycles. The number of rotatable bonds is 5. The molecule has 0 saturated carbocycles. The number of carbonyl (C=O) groups is 1. The van der Waals surface area contributed by atoms with E-state index in [0.717, 1.165) is 81.0 Å². The Hall–Kier alpha value is -2.18. The minimum absolute atomic E-state index is 0.323. The number of aryl methyl sites for hydroxylation is 2. The summed E-state index contributed by atoms with van der Waals surface area (Å²) < 4.78 is 1.84. The number of likely N-dealkylation sites (tertiary alicyclic amines) is 1. The van der Waals surface area contributed by atoms with Crippen LogP contribution in [0.1, 0.15) is 44.9 Å². The van der Waals surface area contributed by atoms with Gasteiger partial charge >= 0.3 is 0 Å². The van der Waals surface area contributed by atoms with Crippen LogP contribution in [0.3, 0.4) is 0 Å². The highest BCUT2D eigenvalue weighted by molar-refractivity contribution is 5.87. The molecule has 26 heavy (non-hydrogen) atoms. The van der Waals surface area contributed by atoms with E-state index in [9.17, 15) is 4.79 Å². The summed E-state index contributed by atoms with van der Waals surface area (Å²) in [5, 5.41) is 5.43. The lowest BCUT2D eigenvalue weighted by Gasteiger charge is -2.35. The molecule has 4 heterocycles. The lowest BCUT2D eigenvalue weighted by Crippen LogP contribution is -2.42. The van der Waals surface area contributed by atoms with Gasteiger partial charge < -0.3 is 9.80 Å². The molecule has 2 aliphatic heterocycles. The first-order chi connectivity index (χ1) is 12.7. The van der Waals surface area contributed by atoms with Gasteiger partial charge in [-0.3, -0.25) is 9.48 Å². The molecule has 2 aromatic heterocycles. The molecule has 0 N–H and O–H groups in total. The quantitative estimate of drug-likeness (QED) is 0.821. The fraction of sp³-hybridized carbons (Fsp3) is 0.684. The minimum atomic E-state index is 0.323. The average molecular weight is 356 g/mol. The molecule has 1 atom stereocenters. The molecular weight excluding hydrogens is 328 g/mol. The number of amides is 1. The van der Waals surface area contributed by atoms with Gasteiger partial charge in [0.1, 0.15) is 11.6 Å². The van der Waals surface area contributed by atoms with Crippen molar-refractivity contribution in [2.75, 3.05) is 31.1 Å². The van der Waals surface area contributed by atoms with Crippen molar-refractivity contribution in [3.05, 3.63) is 12.0 Å². The van der Waals surface area contributed by atoms with Crippen LogP contribution >= 0.6 is 0 Å². The molecular formula is C19H28N6O. The van der Waals surface area contributed by atoms with Crippen LogP contribution in [-0.4, -0.2) is 56.7 Å². The third-order valence-corrected chi connectivity index (χ3v) is 5.56. The Balaban J connectivity index is 1.58. The summed E-state index contributed by atoms with van der Waals surface area (Å²) in [4.78, 5) is 26.0. The molecule has 2 fully saturated rings. The Morgan fingerprint density at radius 2 is 2.12 bits per heavy atom. The SMILES string of the molecule is CCCc1nc(N2CCC[C@H](CN3CCCC3=O)C2)c2cnn(C)c2n1. The number of nitrogens with zero attached hydrogens (tertiary/aromatic N) is 6. The van der Waals surface area contributed by atoms with Gasteiger partial charge in [0.05, 0.1) is 11.6 Å². The monoisotopic (exact) mass is 356 g/mol. The topological polar surface area (TPSA) is 67.2 Å². The lowest BCUT2D eigenvalue weighted by atomic mass is 9.97. The minimum Gasteiger partial charge on any atom is -0.356 e. The molecule has 0 aromatic carbocycles. The van der Waals surface area contributed by atoms with Gasteiger partial charge in [-0.1, -0.05) is 6.92 Å². The maximum Gasteiger partial charge on any atom is 0.222 e. The number of piperidine rings is 1. The average Bonchev–Trinajstić information content (AvgIpc) is 3.21. The summed E-state index contributed by atoms with van der Waals surface area (Å²) >= 11 is 0. The van der Waals surface area contributed by atoms with Gasteiger partial charge in [-0.2, -0.15) is 5.10 Å². The standard InChI is InChI=1S/C19H28N6O/c1-3-6-16-21-18-15(11-20-23(18)2)19(22-16)25-10-4-7-14(13-25)12-24-9-5-8-17(24)26/h11,14H,3-10,12-13H2,1-2H3/t14-/m1/s1. The Morgan fingerprint density at radius 1 is 1.23 bits per heavy atom. The van der Waals surface area contributed by atoms with E-state index in [1.807, 2.05) is 17.9 Å². The van der Waals surface area contributed by atoms with E-state index in [0.29, 0.717) is 11.8 Å². The summed E-state index contributed by atoms with van der Waals surface area (Å²) in [6.07, 6.45) is 7.85. The third-order valence-electron chi connectivity index (χ3n) is 5.56. The first-order valence-electron chi connectivity index (χ1n) is 9.87. The molecule has 1 amide bonds. The first-order valence-corrected chi connectivity index (χ1v) is 9.87. The van der Waals surface area contributed by atoms with E-state index in [2.05, 4.69) is 21.8 Å². The van der Waals surface area contributed by atoms with Crippen molar-refractivity contribution in [2.45, 2.75) is 45.4 Å². The van der Waals surface area contributed by atoms with Gasteiger partial charge in [-0.15, -0.1) is 0 Å². The molecule has 0 aliphatic carbocycles. The predicted molar refractivity (Wildman–Crippen MR) is 101 cm³/mol. The van der Waals surface area contributed by atoms with Crippen LogP contribution in [0, 0.1) is 5.92 Å². The second kappa shape index (κ2) is 7.21. The Labute approximate surface area is 154 Å². The van der Waals surface area contributed by atoms with Crippen molar-refractivity contribution >= 4 is 22.8 Å². The number of hydrogen-bond acceptors (Lipinski definition) is 5. The highest BCUT2D eigenvalue weighted by atomic mass is 16.2. The van der Waals surface area contributed by atoms with Crippen molar-refractivity contribution in [2.24, 2.45) is 13.0 Å². The van der Waals surface area contributed by atoms with Crippen LogP contribution in [0.4, 0.5) is 5.82 Å². The van der Waals surface area contributed by atoms with Gasteiger partial charge in [0.25, 0.3) is 0 Å². The van der Waals surface area contributed by atoms with Crippen LogP contribution in [0.2, 0.25) is 0 Å².